The van der Waals surface area contributed by atoms with Crippen LogP contribution < -0.4 is 5.32 Å². The molecule has 3 aliphatic carbocycles. The Morgan fingerprint density at radius 3 is 2.73 bits per heavy atom. The first-order valence-electron chi connectivity index (χ1n) is 7.60. The smallest absolute Gasteiger partial charge is 0.273 e. The second-order valence-electron chi connectivity index (χ2n) is 6.26. The van der Waals surface area contributed by atoms with E-state index in [2.05, 4.69) is 26.6 Å². The Bertz CT molecular complexity index is 825. The summed E-state index contributed by atoms with van der Waals surface area (Å²) in [5.41, 5.74) is 5.68. The van der Waals surface area contributed by atoms with Gasteiger partial charge in [-0.3, -0.25) is 9.78 Å². The number of amides is 1. The van der Waals surface area contributed by atoms with E-state index in [0.717, 1.165) is 42.5 Å². The average molecular weight is 290 g/mol. The second kappa shape index (κ2) is 4.00. The van der Waals surface area contributed by atoms with Crippen molar-refractivity contribution in [2.45, 2.75) is 31.2 Å². The van der Waals surface area contributed by atoms with E-state index in [0.29, 0.717) is 5.70 Å². The molecular formula is C17H14N4O. The molecule has 2 saturated carbocycles. The highest BCUT2D eigenvalue weighted by Crippen LogP contribution is 2.52. The first-order valence-corrected chi connectivity index (χ1v) is 7.60. The van der Waals surface area contributed by atoms with Crippen molar-refractivity contribution in [2.24, 2.45) is 10.2 Å². The number of aromatic nitrogens is 1. The van der Waals surface area contributed by atoms with E-state index in [-0.39, 0.29) is 11.4 Å². The number of pyridine rings is 1. The minimum atomic E-state index is -0.270. The van der Waals surface area contributed by atoms with Crippen LogP contribution in [-0.4, -0.2) is 10.9 Å². The monoisotopic (exact) mass is 290 g/mol. The number of fused-ring (bicyclic) bond motifs is 2. The summed E-state index contributed by atoms with van der Waals surface area (Å²) in [6.45, 7) is 0. The van der Waals surface area contributed by atoms with Crippen LogP contribution in [0, 0.1) is 0 Å². The van der Waals surface area contributed by atoms with Gasteiger partial charge < -0.3 is 5.32 Å². The molecule has 1 amide bonds. The van der Waals surface area contributed by atoms with E-state index in [9.17, 15) is 4.79 Å². The topological polar surface area (TPSA) is 66.7 Å². The zero-order valence-corrected chi connectivity index (χ0v) is 12.0. The number of hydrogen-bond acceptors (Lipinski definition) is 4. The maximum absolute atomic E-state index is 12.7. The third kappa shape index (κ3) is 1.53. The first kappa shape index (κ1) is 12.0. The van der Waals surface area contributed by atoms with Gasteiger partial charge in [-0.25, -0.2) is 0 Å². The van der Waals surface area contributed by atoms with E-state index in [1.165, 1.54) is 11.1 Å². The van der Waals surface area contributed by atoms with Crippen LogP contribution in [0.4, 0.5) is 0 Å². The van der Waals surface area contributed by atoms with Crippen molar-refractivity contribution in [1.29, 1.82) is 0 Å². The summed E-state index contributed by atoms with van der Waals surface area (Å²) in [4.78, 5) is 16.8. The predicted octanol–water partition coefficient (Wildman–Crippen LogP) is 2.89. The number of allylic oxidation sites excluding steroid dienone is 3. The number of hydrogen-bond donors (Lipinski definition) is 1. The molecule has 1 aromatic heterocycles. The van der Waals surface area contributed by atoms with Crippen LogP contribution in [0.3, 0.4) is 0 Å². The summed E-state index contributed by atoms with van der Waals surface area (Å²) in [5, 5.41) is 11.5. The molecule has 0 atom stereocenters. The lowest BCUT2D eigenvalue weighted by Gasteiger charge is -2.43. The Morgan fingerprint density at radius 2 is 2.00 bits per heavy atom. The van der Waals surface area contributed by atoms with Crippen molar-refractivity contribution in [1.82, 2.24) is 10.3 Å². The molecule has 2 fully saturated rings. The van der Waals surface area contributed by atoms with Gasteiger partial charge in [-0.05, 0) is 54.2 Å². The van der Waals surface area contributed by atoms with E-state index >= 15 is 0 Å². The fraction of sp³-hybridized carbons (Fsp3) is 0.294. The summed E-state index contributed by atoms with van der Waals surface area (Å²) < 4.78 is 0. The molecule has 0 bridgehead atoms. The standard InChI is InChI=1S/C17H14N4O/c22-16(15-13-9-10-8-12(10)14(13)20-21-15)19-17(4-1-5-17)11-2-6-18-7-3-11/h2-3,6-7,9H,1,4-5,8H2,(H,19,22). The quantitative estimate of drug-likeness (QED) is 0.930. The highest BCUT2D eigenvalue weighted by molar-refractivity contribution is 5.97. The predicted molar refractivity (Wildman–Crippen MR) is 79.5 cm³/mol. The van der Waals surface area contributed by atoms with Crippen molar-refractivity contribution in [2.75, 3.05) is 0 Å². The lowest BCUT2D eigenvalue weighted by molar-refractivity contribution is -0.120. The van der Waals surface area contributed by atoms with Gasteiger partial charge in [-0.1, -0.05) is 0 Å². The van der Waals surface area contributed by atoms with E-state index in [1.54, 1.807) is 12.4 Å². The van der Waals surface area contributed by atoms with Crippen LogP contribution in [0.25, 0.3) is 0 Å². The third-order valence-corrected chi connectivity index (χ3v) is 5.00. The molecule has 5 nitrogen and oxygen atoms in total. The minimum absolute atomic E-state index is 0.121. The summed E-state index contributed by atoms with van der Waals surface area (Å²) in [6.07, 6.45) is 9.64. The van der Waals surface area contributed by atoms with Gasteiger partial charge in [0.15, 0.2) is 5.70 Å². The Kier molecular flexibility index (Phi) is 2.19. The van der Waals surface area contributed by atoms with Crippen molar-refractivity contribution >= 4 is 5.91 Å². The fourth-order valence-electron chi connectivity index (χ4n) is 3.51. The molecule has 5 heteroatoms. The van der Waals surface area contributed by atoms with Crippen LogP contribution in [0.1, 0.15) is 31.2 Å². The first-order chi connectivity index (χ1) is 10.8. The molecule has 1 aromatic rings. The van der Waals surface area contributed by atoms with Crippen molar-refractivity contribution in [3.63, 3.8) is 0 Å². The molecule has 0 aromatic carbocycles. The number of rotatable bonds is 3. The van der Waals surface area contributed by atoms with Gasteiger partial charge in [0.2, 0.25) is 0 Å². The maximum Gasteiger partial charge on any atom is 0.273 e. The summed E-state index contributed by atoms with van der Waals surface area (Å²) in [6, 6.07) is 3.96. The second-order valence-corrected chi connectivity index (χ2v) is 6.26. The number of nitrogens with zero attached hydrogens (tertiary/aromatic N) is 3. The van der Waals surface area contributed by atoms with Crippen molar-refractivity contribution < 1.29 is 4.79 Å². The molecule has 1 aliphatic heterocycles. The zero-order chi connectivity index (χ0) is 14.7. The fourth-order valence-corrected chi connectivity index (χ4v) is 3.51. The Morgan fingerprint density at radius 1 is 1.18 bits per heavy atom. The van der Waals surface area contributed by atoms with E-state index in [4.69, 9.17) is 0 Å². The molecule has 0 radical (unpaired) electrons. The summed E-state index contributed by atoms with van der Waals surface area (Å²) in [5.74, 6) is -0.121. The number of nitrogens with one attached hydrogen (secondary N) is 1. The van der Waals surface area contributed by atoms with Gasteiger partial charge in [-0.2, -0.15) is 0 Å². The maximum atomic E-state index is 12.7. The highest BCUT2D eigenvalue weighted by atomic mass is 16.2. The lowest BCUT2D eigenvalue weighted by atomic mass is 9.72. The summed E-state index contributed by atoms with van der Waals surface area (Å²) >= 11 is 0. The molecule has 108 valence electrons. The van der Waals surface area contributed by atoms with Crippen molar-refractivity contribution in [3.05, 3.63) is 64.3 Å². The van der Waals surface area contributed by atoms with Crippen LogP contribution in [0.15, 0.2) is 68.9 Å². The molecular weight excluding hydrogens is 276 g/mol. The molecule has 0 unspecified atom stereocenters. The summed E-state index contributed by atoms with van der Waals surface area (Å²) in [7, 11) is 0. The highest BCUT2D eigenvalue weighted by Gasteiger charge is 2.43. The van der Waals surface area contributed by atoms with Crippen molar-refractivity contribution in [3.8, 4) is 0 Å². The zero-order valence-electron chi connectivity index (χ0n) is 12.0. The largest absolute Gasteiger partial charge is 0.341 e. The average Bonchev–Trinajstić information content (AvgIpc) is 2.99. The Labute approximate surface area is 127 Å². The molecule has 0 saturated heterocycles. The van der Waals surface area contributed by atoms with Gasteiger partial charge in [0.05, 0.1) is 11.2 Å². The van der Waals surface area contributed by atoms with Crippen LogP contribution in [0.5, 0.6) is 0 Å². The minimum Gasteiger partial charge on any atom is -0.341 e. The van der Waals surface area contributed by atoms with Gasteiger partial charge in [-0.15, -0.1) is 10.2 Å². The van der Waals surface area contributed by atoms with Crippen LogP contribution in [0.2, 0.25) is 0 Å². The van der Waals surface area contributed by atoms with Gasteiger partial charge in [0, 0.05) is 24.4 Å². The van der Waals surface area contributed by atoms with E-state index in [1.807, 2.05) is 12.1 Å². The number of azo groups is 1. The van der Waals surface area contributed by atoms with Gasteiger partial charge in [0.1, 0.15) is 0 Å². The molecule has 2 heterocycles. The molecule has 5 rings (SSSR count). The van der Waals surface area contributed by atoms with Gasteiger partial charge >= 0.3 is 0 Å². The third-order valence-electron chi connectivity index (χ3n) is 5.00. The van der Waals surface area contributed by atoms with Gasteiger partial charge in [0.25, 0.3) is 5.91 Å². The number of carbonyl (C=O) groups is 1. The lowest BCUT2D eigenvalue weighted by Crippen LogP contribution is -2.51. The van der Waals surface area contributed by atoms with E-state index < -0.39 is 0 Å². The molecule has 0 spiro atoms. The van der Waals surface area contributed by atoms with Crippen LogP contribution >= 0.6 is 0 Å². The molecule has 4 aliphatic rings. The molecule has 22 heavy (non-hydrogen) atoms. The Hall–Kier alpha value is -2.56. The van der Waals surface area contributed by atoms with Crippen LogP contribution in [-0.2, 0) is 10.3 Å². The Balaban J connectivity index is 1.46. The normalized spacial score (nSPS) is 23.0. The SMILES string of the molecule is O=C(NC1(c2ccncc2)CCC1)C1=C2C=C3CC3=C2N=N1. The number of carbonyl (C=O) groups excluding carboxylic acids is 1. The molecule has 1 N–H and O–H groups in total.